The number of ether oxygens (including phenoxy) is 1. The van der Waals surface area contributed by atoms with Gasteiger partial charge in [-0.15, -0.1) is 0 Å². The predicted octanol–water partition coefficient (Wildman–Crippen LogP) is 6.08. The Kier molecular flexibility index (Phi) is 9.19. The Bertz CT molecular complexity index is 686. The molecule has 0 spiro atoms. The Morgan fingerprint density at radius 2 is 1.03 bits per heavy atom. The lowest BCUT2D eigenvalue weighted by Gasteiger charge is -2.51. The molecule has 0 saturated carbocycles. The van der Waals surface area contributed by atoms with Gasteiger partial charge < -0.3 is 23.1 Å². The maximum Gasteiger partial charge on any atom is 0.337 e. The number of aliphatic hydroxyl groups is 1. The van der Waals surface area contributed by atoms with Crippen LogP contribution in [0, 0.1) is 0 Å². The molecule has 33 heavy (non-hydrogen) atoms. The topological polar surface area (TPSA) is 74.2 Å². The van der Waals surface area contributed by atoms with Gasteiger partial charge in [-0.1, -0.05) is 62.3 Å². The fourth-order valence-corrected chi connectivity index (χ4v) is 6.69. The van der Waals surface area contributed by atoms with Crippen LogP contribution >= 0.6 is 0 Å². The molecule has 1 fully saturated rings. The average Bonchev–Trinajstić information content (AvgIpc) is 2.56. The summed E-state index contributed by atoms with van der Waals surface area (Å²) in [6.45, 7) is 32.2. The largest absolute Gasteiger partial charge is 0.455 e. The van der Waals surface area contributed by atoms with Gasteiger partial charge in [0.05, 0.1) is 6.61 Å². The van der Waals surface area contributed by atoms with Crippen molar-refractivity contribution >= 4 is 30.9 Å². The zero-order valence-corrected chi connectivity index (χ0v) is 27.0. The Morgan fingerprint density at radius 1 is 0.697 bits per heavy atom. The van der Waals surface area contributed by atoms with Crippen molar-refractivity contribution in [2.75, 3.05) is 6.61 Å². The van der Waals surface area contributed by atoms with Gasteiger partial charge in [0.25, 0.3) is 0 Å². The predicted molar refractivity (Wildman–Crippen MR) is 143 cm³/mol. The van der Waals surface area contributed by atoms with Gasteiger partial charge in [-0.05, 0) is 54.4 Å². The maximum absolute atomic E-state index is 13.3. The number of aliphatic hydroxyl groups excluding tert-OH is 1. The molecule has 1 N–H and O–H groups in total. The molecule has 0 aromatic heterocycles. The first-order chi connectivity index (χ1) is 14.4. The zero-order valence-electron chi connectivity index (χ0n) is 24.0. The fraction of sp³-hybridized carbons (Fsp3) is 0.958. The van der Waals surface area contributed by atoms with Crippen molar-refractivity contribution in [1.82, 2.24) is 0 Å². The highest BCUT2D eigenvalue weighted by Gasteiger charge is 2.56. The lowest BCUT2D eigenvalue weighted by molar-refractivity contribution is -0.199. The van der Waals surface area contributed by atoms with Crippen LogP contribution in [0.4, 0.5) is 0 Å². The second kappa shape index (κ2) is 9.78. The van der Waals surface area contributed by atoms with E-state index in [0.717, 1.165) is 0 Å². The van der Waals surface area contributed by atoms with Gasteiger partial charge in [-0.25, -0.2) is 4.79 Å². The highest BCUT2D eigenvalue weighted by Crippen LogP contribution is 2.44. The van der Waals surface area contributed by atoms with Gasteiger partial charge in [0.2, 0.25) is 0 Å². The zero-order chi connectivity index (χ0) is 26.4. The average molecular weight is 521 g/mol. The number of carbonyl (C=O) groups is 1. The van der Waals surface area contributed by atoms with Gasteiger partial charge in [0.1, 0.15) is 12.2 Å². The molecule has 196 valence electrons. The van der Waals surface area contributed by atoms with Gasteiger partial charge in [0, 0.05) is 0 Å². The third kappa shape index (κ3) is 7.01. The summed E-state index contributed by atoms with van der Waals surface area (Å²) >= 11 is 0. The van der Waals surface area contributed by atoms with Crippen LogP contribution < -0.4 is 0 Å². The molecule has 1 aliphatic rings. The summed E-state index contributed by atoms with van der Waals surface area (Å²) in [7, 11) is -6.91. The van der Waals surface area contributed by atoms with E-state index in [1.54, 1.807) is 0 Å². The Labute approximate surface area is 206 Å². The molecule has 1 heterocycles. The molecule has 0 aliphatic carbocycles. The molecule has 0 radical (unpaired) electrons. The van der Waals surface area contributed by atoms with Crippen molar-refractivity contribution in [3.8, 4) is 0 Å². The molecule has 0 aromatic rings. The van der Waals surface area contributed by atoms with Gasteiger partial charge in [-0.2, -0.15) is 0 Å². The first-order valence-electron chi connectivity index (χ1n) is 12.2. The minimum absolute atomic E-state index is 0.0498. The maximum atomic E-state index is 13.3. The van der Waals surface area contributed by atoms with Gasteiger partial charge in [-0.3, -0.25) is 0 Å². The van der Waals surface area contributed by atoms with E-state index in [4.69, 9.17) is 18.0 Å². The Morgan fingerprint density at radius 3 is 1.36 bits per heavy atom. The monoisotopic (exact) mass is 520 g/mol. The first-order valence-corrected chi connectivity index (χ1v) is 21.0. The first kappa shape index (κ1) is 31.0. The van der Waals surface area contributed by atoms with Crippen LogP contribution in [-0.2, 0) is 22.8 Å². The molecule has 0 amide bonds. The second-order valence-corrected chi connectivity index (χ2v) is 28.4. The molecule has 6 nitrogen and oxygen atoms in total. The van der Waals surface area contributed by atoms with E-state index in [9.17, 15) is 9.90 Å². The van der Waals surface area contributed by atoms with E-state index in [1.165, 1.54) is 0 Å². The summed E-state index contributed by atoms with van der Waals surface area (Å²) in [4.78, 5) is 13.3. The summed E-state index contributed by atoms with van der Waals surface area (Å²) in [5.41, 5.74) is 0. The number of hydrogen-bond donors (Lipinski definition) is 1. The van der Waals surface area contributed by atoms with E-state index in [-0.39, 0.29) is 21.7 Å². The van der Waals surface area contributed by atoms with E-state index < -0.39 is 55.3 Å². The van der Waals surface area contributed by atoms with Crippen LogP contribution in [0.5, 0.6) is 0 Å². The van der Waals surface area contributed by atoms with Crippen LogP contribution in [0.15, 0.2) is 0 Å². The van der Waals surface area contributed by atoms with Gasteiger partial charge >= 0.3 is 5.97 Å². The lowest BCUT2D eigenvalue weighted by Crippen LogP contribution is -2.66. The fourth-order valence-electron chi connectivity index (χ4n) is 2.86. The quantitative estimate of drug-likeness (QED) is 0.324. The van der Waals surface area contributed by atoms with E-state index in [2.05, 4.69) is 102 Å². The van der Waals surface area contributed by atoms with Crippen LogP contribution in [0.25, 0.3) is 0 Å². The summed E-state index contributed by atoms with van der Waals surface area (Å²) < 4.78 is 26.2. The number of carbonyl (C=O) groups excluding carboxylic acids is 1. The smallest absolute Gasteiger partial charge is 0.337 e. The van der Waals surface area contributed by atoms with E-state index in [1.807, 2.05) is 0 Å². The molecule has 0 bridgehead atoms. The number of esters is 1. The van der Waals surface area contributed by atoms with Crippen molar-refractivity contribution in [3.05, 3.63) is 0 Å². The van der Waals surface area contributed by atoms with Crippen LogP contribution in [-0.4, -0.2) is 67.1 Å². The number of cyclic esters (lactones) is 1. The minimum atomic E-state index is -2.33. The molecule has 1 saturated heterocycles. The number of hydrogen-bond acceptors (Lipinski definition) is 6. The number of rotatable bonds is 7. The molecule has 9 heteroatoms. The van der Waals surface area contributed by atoms with Crippen molar-refractivity contribution in [1.29, 1.82) is 0 Å². The van der Waals surface area contributed by atoms with Crippen LogP contribution in [0.2, 0.25) is 54.4 Å². The second-order valence-electron chi connectivity index (χ2n) is 14.1. The molecule has 4 atom stereocenters. The normalized spacial score (nSPS) is 26.4. The van der Waals surface area contributed by atoms with Crippen LogP contribution in [0.3, 0.4) is 0 Å². The van der Waals surface area contributed by atoms with E-state index in [0.29, 0.717) is 0 Å². The highest BCUT2D eigenvalue weighted by molar-refractivity contribution is 6.75. The standard InChI is InChI=1S/C24H52O6Si3/c1-22(2,3)31(10,11)28-18-17(16-25)27-21(26)20(30-33(14,15)24(7,8)9)19(18)29-32(12,13)23(4,5)6/h17-20,25H,16H2,1-15H3/t17-,18-,19+,20-/m1/s1. The van der Waals surface area contributed by atoms with Crippen molar-refractivity contribution in [3.63, 3.8) is 0 Å². The summed E-state index contributed by atoms with van der Waals surface area (Å²) in [6.07, 6.45) is -2.87. The summed E-state index contributed by atoms with van der Waals surface area (Å²) in [5.74, 6) is -0.460. The SMILES string of the molecule is CC(C)(C)[Si](C)(C)O[C@H]1[C@H](O[Si](C)(C)C(C)(C)C)[C@@H](O[Si](C)(C)C(C)(C)C)C(=O)O[C@@H]1CO. The van der Waals surface area contributed by atoms with Gasteiger partial charge in [0.15, 0.2) is 37.2 Å². The van der Waals surface area contributed by atoms with E-state index >= 15 is 0 Å². The van der Waals surface area contributed by atoms with Crippen LogP contribution in [0.1, 0.15) is 62.3 Å². The minimum Gasteiger partial charge on any atom is -0.455 e. The lowest BCUT2D eigenvalue weighted by atomic mass is 10.0. The van der Waals surface area contributed by atoms with Crippen molar-refractivity contribution in [2.45, 2.75) is 141 Å². The molecular formula is C24H52O6Si3. The molecule has 1 aliphatic heterocycles. The summed E-state index contributed by atoms with van der Waals surface area (Å²) in [6, 6.07) is 0. The third-order valence-corrected chi connectivity index (χ3v) is 21.8. The highest BCUT2D eigenvalue weighted by atomic mass is 28.4. The molecule has 0 unspecified atom stereocenters. The summed E-state index contributed by atoms with van der Waals surface area (Å²) in [5, 5.41) is 9.99. The molecule has 1 rings (SSSR count). The molecule has 0 aromatic carbocycles. The Balaban J connectivity index is 3.60. The van der Waals surface area contributed by atoms with Crippen molar-refractivity contribution < 1.29 is 27.9 Å². The van der Waals surface area contributed by atoms with Crippen molar-refractivity contribution in [2.24, 2.45) is 0 Å². The molecular weight excluding hydrogens is 469 g/mol. The third-order valence-electron chi connectivity index (χ3n) is 8.37. The Hall–Kier alpha value is -0.0394.